The monoisotopic (exact) mass is 234 g/mol. The first-order valence-corrected chi connectivity index (χ1v) is 6.05. The fraction of sp³-hybridized carbons (Fsp3) is 0.462. The highest BCUT2D eigenvalue weighted by atomic mass is 35.5. The molecule has 1 aromatic carbocycles. The predicted octanol–water partition coefficient (Wildman–Crippen LogP) is 3.08. The van der Waals surface area contributed by atoms with Crippen LogP contribution in [0.5, 0.6) is 0 Å². The Balaban J connectivity index is 1.90. The zero-order valence-electron chi connectivity index (χ0n) is 9.19. The van der Waals surface area contributed by atoms with Crippen LogP contribution in [-0.2, 0) is 6.42 Å². The van der Waals surface area contributed by atoms with Crippen molar-refractivity contribution in [2.24, 2.45) is 5.92 Å². The lowest BCUT2D eigenvalue weighted by Gasteiger charge is -2.28. The van der Waals surface area contributed by atoms with Gasteiger partial charge in [-0.15, -0.1) is 0 Å². The van der Waals surface area contributed by atoms with Crippen molar-refractivity contribution in [3.8, 4) is 6.19 Å². The van der Waals surface area contributed by atoms with Gasteiger partial charge in [0.15, 0.2) is 6.19 Å². The van der Waals surface area contributed by atoms with E-state index in [1.165, 1.54) is 5.56 Å². The number of hydrogen-bond acceptors (Lipinski definition) is 2. The Bertz CT molecular complexity index is 389. The van der Waals surface area contributed by atoms with E-state index in [0.717, 1.165) is 37.4 Å². The van der Waals surface area contributed by atoms with Crippen molar-refractivity contribution < 1.29 is 0 Å². The smallest absolute Gasteiger partial charge is 0.179 e. The third-order valence-electron chi connectivity index (χ3n) is 3.17. The summed E-state index contributed by atoms with van der Waals surface area (Å²) in [6, 6.07) is 8.08. The Morgan fingerprint density at radius 1 is 1.38 bits per heavy atom. The minimum atomic E-state index is 0.697. The van der Waals surface area contributed by atoms with Gasteiger partial charge in [-0.3, -0.25) is 0 Å². The molecule has 2 rings (SSSR count). The molecule has 2 nitrogen and oxygen atoms in total. The van der Waals surface area contributed by atoms with Gasteiger partial charge in [-0.2, -0.15) is 5.26 Å². The van der Waals surface area contributed by atoms with Gasteiger partial charge in [0.05, 0.1) is 0 Å². The molecule has 1 saturated heterocycles. The summed E-state index contributed by atoms with van der Waals surface area (Å²) < 4.78 is 0. The highest BCUT2D eigenvalue weighted by Gasteiger charge is 2.18. The molecule has 0 unspecified atom stereocenters. The maximum atomic E-state index is 8.76. The minimum Gasteiger partial charge on any atom is -0.311 e. The Morgan fingerprint density at radius 2 is 2.12 bits per heavy atom. The first kappa shape index (κ1) is 11.3. The van der Waals surface area contributed by atoms with Gasteiger partial charge in [0, 0.05) is 18.1 Å². The highest BCUT2D eigenvalue weighted by Crippen LogP contribution is 2.22. The van der Waals surface area contributed by atoms with Gasteiger partial charge < -0.3 is 4.90 Å². The summed E-state index contributed by atoms with van der Waals surface area (Å²) in [4.78, 5) is 1.84. The van der Waals surface area contributed by atoms with Crippen LogP contribution < -0.4 is 0 Å². The lowest BCUT2D eigenvalue weighted by atomic mass is 9.90. The fourth-order valence-electron chi connectivity index (χ4n) is 2.23. The quantitative estimate of drug-likeness (QED) is 0.736. The van der Waals surface area contributed by atoms with E-state index in [2.05, 4.69) is 12.3 Å². The Morgan fingerprint density at radius 3 is 2.75 bits per heavy atom. The second kappa shape index (κ2) is 5.23. The number of hydrogen-bond donors (Lipinski definition) is 0. The van der Waals surface area contributed by atoms with Crippen LogP contribution in [0.1, 0.15) is 18.4 Å². The summed E-state index contributed by atoms with van der Waals surface area (Å²) in [7, 11) is 0. The van der Waals surface area contributed by atoms with E-state index >= 15 is 0 Å². The molecule has 1 aromatic rings. The molecule has 0 saturated carbocycles. The summed E-state index contributed by atoms with van der Waals surface area (Å²) in [5.41, 5.74) is 1.31. The van der Waals surface area contributed by atoms with E-state index in [1.807, 2.05) is 23.1 Å². The third-order valence-corrected chi connectivity index (χ3v) is 3.40. The van der Waals surface area contributed by atoms with E-state index < -0.39 is 0 Å². The Kier molecular flexibility index (Phi) is 3.69. The van der Waals surface area contributed by atoms with Crippen LogP contribution in [0.25, 0.3) is 0 Å². The normalized spacial score (nSPS) is 17.1. The van der Waals surface area contributed by atoms with Crippen molar-refractivity contribution in [2.75, 3.05) is 13.1 Å². The number of benzene rings is 1. The molecule has 0 bridgehead atoms. The maximum Gasteiger partial charge on any atom is 0.179 e. The van der Waals surface area contributed by atoms with Crippen molar-refractivity contribution in [1.29, 1.82) is 5.26 Å². The van der Waals surface area contributed by atoms with Crippen LogP contribution in [0, 0.1) is 17.4 Å². The van der Waals surface area contributed by atoms with Crippen LogP contribution in [0.2, 0.25) is 5.02 Å². The van der Waals surface area contributed by atoms with Gasteiger partial charge >= 0.3 is 0 Å². The summed E-state index contributed by atoms with van der Waals surface area (Å²) in [6.07, 6.45) is 5.52. The molecule has 84 valence electrons. The Hall–Kier alpha value is -1.20. The van der Waals surface area contributed by atoms with Gasteiger partial charge in [0.1, 0.15) is 0 Å². The van der Waals surface area contributed by atoms with Crippen LogP contribution >= 0.6 is 11.6 Å². The number of likely N-dealkylation sites (tertiary alicyclic amines) is 1. The summed E-state index contributed by atoms with van der Waals surface area (Å²) in [5.74, 6) is 0.697. The van der Waals surface area contributed by atoms with Crippen LogP contribution in [0.15, 0.2) is 24.3 Å². The van der Waals surface area contributed by atoms with Gasteiger partial charge in [-0.1, -0.05) is 23.7 Å². The van der Waals surface area contributed by atoms with Crippen LogP contribution in [0.4, 0.5) is 0 Å². The first-order chi connectivity index (χ1) is 7.78. The molecule has 0 amide bonds. The van der Waals surface area contributed by atoms with Crippen LogP contribution in [-0.4, -0.2) is 18.0 Å². The lowest BCUT2D eigenvalue weighted by Crippen LogP contribution is -2.30. The van der Waals surface area contributed by atoms with Crippen molar-refractivity contribution in [1.82, 2.24) is 4.90 Å². The molecule has 16 heavy (non-hydrogen) atoms. The molecule has 0 aromatic heterocycles. The molecular weight excluding hydrogens is 220 g/mol. The zero-order chi connectivity index (χ0) is 11.4. The SMILES string of the molecule is N#CN1CCC(Cc2cccc(Cl)c2)CC1. The molecule has 0 aliphatic carbocycles. The summed E-state index contributed by atoms with van der Waals surface area (Å²) in [5, 5.41) is 9.57. The average Bonchev–Trinajstić information content (AvgIpc) is 2.30. The molecule has 1 aliphatic heterocycles. The predicted molar refractivity (Wildman–Crippen MR) is 65.1 cm³/mol. The highest BCUT2D eigenvalue weighted by molar-refractivity contribution is 6.30. The van der Waals surface area contributed by atoms with Gasteiger partial charge in [0.25, 0.3) is 0 Å². The van der Waals surface area contributed by atoms with Crippen molar-refractivity contribution in [3.05, 3.63) is 34.9 Å². The third kappa shape index (κ3) is 2.90. The molecule has 0 N–H and O–H groups in total. The molecule has 0 spiro atoms. The van der Waals surface area contributed by atoms with Gasteiger partial charge in [-0.05, 0) is 42.9 Å². The number of halogens is 1. The second-order valence-corrected chi connectivity index (χ2v) is 4.80. The lowest BCUT2D eigenvalue weighted by molar-refractivity contribution is 0.251. The van der Waals surface area contributed by atoms with E-state index in [4.69, 9.17) is 16.9 Å². The molecule has 1 fully saturated rings. The van der Waals surface area contributed by atoms with Crippen molar-refractivity contribution in [3.63, 3.8) is 0 Å². The number of nitriles is 1. The topological polar surface area (TPSA) is 27.0 Å². The standard InChI is InChI=1S/C13H15ClN2/c14-13-3-1-2-12(9-13)8-11-4-6-16(10-15)7-5-11/h1-3,9,11H,4-8H2. The fourth-order valence-corrected chi connectivity index (χ4v) is 2.45. The number of rotatable bonds is 2. The second-order valence-electron chi connectivity index (χ2n) is 4.36. The summed E-state index contributed by atoms with van der Waals surface area (Å²) in [6.45, 7) is 1.81. The molecular formula is C13H15ClN2. The largest absolute Gasteiger partial charge is 0.311 e. The van der Waals surface area contributed by atoms with Crippen LogP contribution in [0.3, 0.4) is 0 Å². The first-order valence-electron chi connectivity index (χ1n) is 5.67. The van der Waals surface area contributed by atoms with E-state index in [0.29, 0.717) is 5.92 Å². The molecule has 1 heterocycles. The minimum absolute atomic E-state index is 0.697. The average molecular weight is 235 g/mol. The maximum absolute atomic E-state index is 8.76. The molecule has 0 atom stereocenters. The number of piperidine rings is 1. The van der Waals surface area contributed by atoms with Crippen molar-refractivity contribution >= 4 is 11.6 Å². The van der Waals surface area contributed by atoms with Gasteiger partial charge in [-0.25, -0.2) is 0 Å². The molecule has 0 radical (unpaired) electrons. The van der Waals surface area contributed by atoms with Gasteiger partial charge in [0.2, 0.25) is 0 Å². The van der Waals surface area contributed by atoms with E-state index in [-0.39, 0.29) is 0 Å². The molecule has 1 aliphatic rings. The number of nitrogens with zero attached hydrogens (tertiary/aromatic N) is 2. The van der Waals surface area contributed by atoms with Crippen molar-refractivity contribution in [2.45, 2.75) is 19.3 Å². The van der Waals surface area contributed by atoms with E-state index in [1.54, 1.807) is 0 Å². The molecule has 3 heteroatoms. The Labute approximate surface area is 101 Å². The zero-order valence-corrected chi connectivity index (χ0v) is 9.95. The van der Waals surface area contributed by atoms with E-state index in [9.17, 15) is 0 Å². The summed E-state index contributed by atoms with van der Waals surface area (Å²) >= 11 is 5.96.